The number of hydrogen-bond acceptors (Lipinski definition) is 4. The van der Waals surface area contributed by atoms with Gasteiger partial charge in [-0.1, -0.05) is 30.3 Å². The number of carbonyl (C=O) groups is 4. The van der Waals surface area contributed by atoms with E-state index in [0.717, 1.165) is 0 Å². The summed E-state index contributed by atoms with van der Waals surface area (Å²) in [5, 5.41) is 32.8. The van der Waals surface area contributed by atoms with Crippen molar-refractivity contribution in [2.75, 3.05) is 0 Å². The second kappa shape index (κ2) is 6.24. The summed E-state index contributed by atoms with van der Waals surface area (Å²) in [6.45, 7) is 0. The Bertz CT molecular complexity index is 1560. The Hall–Kier alpha value is -4.52. The molecule has 0 aliphatic heterocycles. The third-order valence-electron chi connectivity index (χ3n) is 5.75. The number of carboxylic acids is 3. The molecule has 0 radical (unpaired) electrons. The van der Waals surface area contributed by atoms with Gasteiger partial charge in [-0.3, -0.25) is 4.79 Å². The Kier molecular flexibility index (Phi) is 3.72. The monoisotopic (exact) mass is 412 g/mol. The predicted molar refractivity (Wildman–Crippen MR) is 114 cm³/mol. The Morgan fingerprint density at radius 2 is 0.871 bits per heavy atom. The quantitative estimate of drug-likeness (QED) is 0.223. The first-order valence-corrected chi connectivity index (χ1v) is 9.20. The summed E-state index contributed by atoms with van der Waals surface area (Å²) >= 11 is 0. The summed E-state index contributed by atoms with van der Waals surface area (Å²) in [5.74, 6) is -3.68. The molecule has 3 N–H and O–H groups in total. The highest BCUT2D eigenvalue weighted by Crippen LogP contribution is 2.43. The fourth-order valence-corrected chi connectivity index (χ4v) is 4.55. The molecule has 0 aromatic heterocycles. The van der Waals surface area contributed by atoms with Crippen molar-refractivity contribution in [3.63, 3.8) is 0 Å². The molecular weight excluding hydrogens is 400 g/mol. The van der Waals surface area contributed by atoms with Crippen molar-refractivity contribution >= 4 is 67.3 Å². The highest BCUT2D eigenvalue weighted by Gasteiger charge is 2.24. The van der Waals surface area contributed by atoms with E-state index in [2.05, 4.69) is 0 Å². The Morgan fingerprint density at radius 3 is 1.26 bits per heavy atom. The molecule has 5 aromatic carbocycles. The van der Waals surface area contributed by atoms with Gasteiger partial charge < -0.3 is 15.3 Å². The molecule has 7 nitrogen and oxygen atoms in total. The van der Waals surface area contributed by atoms with E-state index in [-0.39, 0.29) is 27.6 Å². The molecule has 0 saturated heterocycles. The number of benzene rings is 5. The Balaban J connectivity index is 2.17. The summed E-state index contributed by atoms with van der Waals surface area (Å²) in [6, 6.07) is 12.1. The molecule has 0 aliphatic carbocycles. The molecule has 0 atom stereocenters. The van der Waals surface area contributed by atoms with Gasteiger partial charge in [-0.2, -0.15) is 0 Å². The SMILES string of the molecule is O=Cc1ccc2c3ccc(C(=O)O)c4c(C(=O)O)ccc(c5ccc(C(=O)O)c1c25)c43. The maximum atomic E-state index is 11.9. The smallest absolute Gasteiger partial charge is 0.336 e. The van der Waals surface area contributed by atoms with Crippen molar-refractivity contribution < 1.29 is 34.5 Å². The largest absolute Gasteiger partial charge is 0.478 e. The molecule has 0 amide bonds. The maximum Gasteiger partial charge on any atom is 0.336 e. The standard InChI is InChI=1S/C24H12O7/c25-9-10-1-2-11-13-4-7-16(23(28)29)21-17(24(30)31)8-5-14(20(13)21)12-3-6-15(22(26)27)18(10)19(11)12/h1-9H,(H,26,27)(H,28,29)(H,30,31). The van der Waals surface area contributed by atoms with Gasteiger partial charge in [0.1, 0.15) is 0 Å². The molecule has 31 heavy (non-hydrogen) atoms. The van der Waals surface area contributed by atoms with Gasteiger partial charge in [0.2, 0.25) is 0 Å². The molecule has 5 aromatic rings. The van der Waals surface area contributed by atoms with Crippen molar-refractivity contribution in [3.05, 3.63) is 70.8 Å². The third kappa shape index (κ3) is 2.34. The minimum Gasteiger partial charge on any atom is -0.478 e. The van der Waals surface area contributed by atoms with Crippen molar-refractivity contribution in [2.45, 2.75) is 0 Å². The minimum absolute atomic E-state index is 0.0216. The molecule has 0 spiro atoms. The van der Waals surface area contributed by atoms with Crippen LogP contribution in [0.5, 0.6) is 0 Å². The van der Waals surface area contributed by atoms with E-state index >= 15 is 0 Å². The first kappa shape index (κ1) is 18.5. The van der Waals surface area contributed by atoms with Crippen LogP contribution in [0.4, 0.5) is 0 Å². The number of hydrogen-bond donors (Lipinski definition) is 3. The van der Waals surface area contributed by atoms with Crippen LogP contribution in [-0.2, 0) is 0 Å². The average molecular weight is 412 g/mol. The number of rotatable bonds is 4. The van der Waals surface area contributed by atoms with Gasteiger partial charge in [0, 0.05) is 16.3 Å². The van der Waals surface area contributed by atoms with Gasteiger partial charge in [0.25, 0.3) is 0 Å². The predicted octanol–water partition coefficient (Wildman–Crippen LogP) is 4.64. The molecule has 7 heteroatoms. The van der Waals surface area contributed by atoms with Gasteiger partial charge in [0.05, 0.1) is 16.7 Å². The number of aromatic carboxylic acids is 3. The second-order valence-corrected chi connectivity index (χ2v) is 7.22. The van der Waals surface area contributed by atoms with Crippen LogP contribution in [0.3, 0.4) is 0 Å². The zero-order valence-electron chi connectivity index (χ0n) is 15.7. The van der Waals surface area contributed by atoms with Gasteiger partial charge in [-0.05, 0) is 50.5 Å². The van der Waals surface area contributed by atoms with Crippen LogP contribution < -0.4 is 0 Å². The molecule has 0 heterocycles. The number of carbonyl (C=O) groups excluding carboxylic acids is 1. The fraction of sp³-hybridized carbons (Fsp3) is 0. The topological polar surface area (TPSA) is 129 Å². The van der Waals surface area contributed by atoms with Crippen molar-refractivity contribution in [1.29, 1.82) is 0 Å². The summed E-state index contributed by atoms with van der Waals surface area (Å²) in [7, 11) is 0. The highest BCUT2D eigenvalue weighted by molar-refractivity contribution is 6.37. The van der Waals surface area contributed by atoms with Crippen LogP contribution in [0.25, 0.3) is 43.1 Å². The minimum atomic E-state index is -1.25. The van der Waals surface area contributed by atoms with Crippen LogP contribution in [0, 0.1) is 0 Å². The van der Waals surface area contributed by atoms with Crippen LogP contribution in [0.1, 0.15) is 41.4 Å². The van der Waals surface area contributed by atoms with Gasteiger partial charge in [0.15, 0.2) is 6.29 Å². The molecule has 0 bridgehead atoms. The van der Waals surface area contributed by atoms with Crippen LogP contribution >= 0.6 is 0 Å². The fourth-order valence-electron chi connectivity index (χ4n) is 4.55. The first-order valence-electron chi connectivity index (χ1n) is 9.20. The van der Waals surface area contributed by atoms with E-state index in [1.54, 1.807) is 24.3 Å². The van der Waals surface area contributed by atoms with Gasteiger partial charge in [-0.25, -0.2) is 14.4 Å². The van der Waals surface area contributed by atoms with Crippen LogP contribution in [-0.4, -0.2) is 39.5 Å². The summed E-state index contributed by atoms with van der Waals surface area (Å²) in [5.41, 5.74) is -0.0672. The van der Waals surface area contributed by atoms with Crippen molar-refractivity contribution in [1.82, 2.24) is 0 Å². The van der Waals surface area contributed by atoms with E-state index in [1.807, 2.05) is 0 Å². The number of carboxylic acid groups (broad SMARTS) is 3. The lowest BCUT2D eigenvalue weighted by molar-refractivity contribution is 0.0685. The lowest BCUT2D eigenvalue weighted by Crippen LogP contribution is -2.06. The third-order valence-corrected chi connectivity index (χ3v) is 5.75. The number of fused-ring (bicyclic) bond motifs is 2. The zero-order chi connectivity index (χ0) is 22.0. The van der Waals surface area contributed by atoms with E-state index in [4.69, 9.17) is 0 Å². The van der Waals surface area contributed by atoms with Crippen LogP contribution in [0.2, 0.25) is 0 Å². The highest BCUT2D eigenvalue weighted by atomic mass is 16.4. The molecule has 0 aliphatic rings. The normalized spacial score (nSPS) is 11.5. The Labute approximate surface area is 173 Å². The molecule has 0 fully saturated rings. The van der Waals surface area contributed by atoms with E-state index in [1.165, 1.54) is 24.3 Å². The van der Waals surface area contributed by atoms with Crippen LogP contribution in [0.15, 0.2) is 48.5 Å². The molecular formula is C24H12O7. The number of aldehydes is 1. The first-order chi connectivity index (χ1) is 14.8. The summed E-state index contributed by atoms with van der Waals surface area (Å²) in [4.78, 5) is 47.2. The Morgan fingerprint density at radius 1 is 0.516 bits per heavy atom. The maximum absolute atomic E-state index is 11.9. The average Bonchev–Trinajstić information content (AvgIpc) is 2.75. The second-order valence-electron chi connectivity index (χ2n) is 7.22. The van der Waals surface area contributed by atoms with E-state index < -0.39 is 17.9 Å². The lowest BCUT2D eigenvalue weighted by Gasteiger charge is -2.18. The van der Waals surface area contributed by atoms with Crippen molar-refractivity contribution in [3.8, 4) is 0 Å². The molecule has 0 saturated carbocycles. The molecule has 150 valence electrons. The van der Waals surface area contributed by atoms with E-state index in [9.17, 15) is 34.5 Å². The lowest BCUT2D eigenvalue weighted by atomic mass is 9.84. The molecule has 0 unspecified atom stereocenters. The zero-order valence-corrected chi connectivity index (χ0v) is 15.7. The molecule has 5 rings (SSSR count). The summed E-state index contributed by atoms with van der Waals surface area (Å²) in [6.07, 6.45) is 0.599. The van der Waals surface area contributed by atoms with Crippen molar-refractivity contribution in [2.24, 2.45) is 0 Å². The van der Waals surface area contributed by atoms with Gasteiger partial charge in [-0.15, -0.1) is 0 Å². The summed E-state index contributed by atoms with van der Waals surface area (Å²) < 4.78 is 0. The van der Waals surface area contributed by atoms with E-state index in [0.29, 0.717) is 44.0 Å². The van der Waals surface area contributed by atoms with Gasteiger partial charge >= 0.3 is 17.9 Å².